The number of para-hydroxylation sites is 1. The van der Waals surface area contributed by atoms with Crippen molar-refractivity contribution in [3.8, 4) is 23.3 Å². The van der Waals surface area contributed by atoms with E-state index in [4.69, 9.17) is 9.47 Å². The van der Waals surface area contributed by atoms with Crippen molar-refractivity contribution in [3.63, 3.8) is 0 Å². The number of benzene rings is 2. The lowest BCUT2D eigenvalue weighted by molar-refractivity contribution is 0.162. The molecule has 5 nitrogen and oxygen atoms in total. The van der Waals surface area contributed by atoms with E-state index in [2.05, 4.69) is 29.0 Å². The maximum atomic E-state index is 9.31. The Labute approximate surface area is 159 Å². The van der Waals surface area contributed by atoms with Gasteiger partial charge in [-0.1, -0.05) is 6.07 Å². The van der Waals surface area contributed by atoms with Crippen LogP contribution in [-0.4, -0.2) is 37.2 Å². The molecule has 0 N–H and O–H groups in total. The van der Waals surface area contributed by atoms with E-state index in [1.807, 2.05) is 30.3 Å². The molecule has 2 aromatic carbocycles. The number of nitriles is 1. The van der Waals surface area contributed by atoms with Crippen molar-refractivity contribution in [2.45, 2.75) is 43.8 Å². The average Bonchev–Trinajstić information content (AvgIpc) is 2.91. The second-order valence-electron chi connectivity index (χ2n) is 7.75. The van der Waals surface area contributed by atoms with E-state index < -0.39 is 0 Å². The van der Waals surface area contributed by atoms with Crippen molar-refractivity contribution in [2.24, 2.45) is 0 Å². The number of ether oxygens (including phenoxy) is 2. The zero-order valence-electron chi connectivity index (χ0n) is 15.7. The largest absolute Gasteiger partial charge is 0.493 e. The van der Waals surface area contributed by atoms with Crippen LogP contribution in [0, 0.1) is 11.3 Å². The van der Waals surface area contributed by atoms with Gasteiger partial charge in [0, 0.05) is 24.2 Å². The Balaban J connectivity index is 1.64. The molecule has 2 unspecified atom stereocenters. The molecule has 0 aliphatic carbocycles. The monoisotopic (exact) mass is 361 g/mol. The van der Waals surface area contributed by atoms with Gasteiger partial charge in [0.2, 0.25) is 0 Å². The molecule has 138 valence electrons. The Hall–Kier alpha value is -2.71. The van der Waals surface area contributed by atoms with Gasteiger partial charge in [-0.25, -0.2) is 0 Å². The molecule has 3 aliphatic rings. The van der Waals surface area contributed by atoms with Crippen LogP contribution >= 0.6 is 0 Å². The van der Waals surface area contributed by atoms with Crippen LogP contribution in [0.15, 0.2) is 36.4 Å². The molecule has 2 fully saturated rings. The van der Waals surface area contributed by atoms with Crippen molar-refractivity contribution in [3.05, 3.63) is 42.0 Å². The SMILES string of the molecule is COc1cccc2c1Oc1cc(C#N)ccc1N2C1CC2CCC(C1)N2C. The first kappa shape index (κ1) is 16.5. The van der Waals surface area contributed by atoms with Gasteiger partial charge in [-0.05, 0) is 57.0 Å². The first-order chi connectivity index (χ1) is 13.2. The lowest BCUT2D eigenvalue weighted by atomic mass is 9.94. The molecule has 2 aromatic rings. The quantitative estimate of drug-likeness (QED) is 0.792. The van der Waals surface area contributed by atoms with Crippen LogP contribution in [0.1, 0.15) is 31.2 Å². The Kier molecular flexibility index (Phi) is 3.76. The molecule has 5 heteroatoms. The summed E-state index contributed by atoms with van der Waals surface area (Å²) in [5.41, 5.74) is 2.71. The molecule has 3 heterocycles. The number of rotatable bonds is 2. The molecular weight excluding hydrogens is 338 g/mol. The molecule has 0 aromatic heterocycles. The first-order valence-corrected chi connectivity index (χ1v) is 9.59. The lowest BCUT2D eigenvalue weighted by Crippen LogP contribution is -2.48. The van der Waals surface area contributed by atoms with Crippen LogP contribution in [0.3, 0.4) is 0 Å². The van der Waals surface area contributed by atoms with Crippen molar-refractivity contribution in [1.29, 1.82) is 5.26 Å². The third-order valence-corrected chi connectivity index (χ3v) is 6.44. The summed E-state index contributed by atoms with van der Waals surface area (Å²) in [4.78, 5) is 4.99. The fourth-order valence-electron chi connectivity index (χ4n) is 5.05. The molecule has 0 radical (unpaired) electrons. The van der Waals surface area contributed by atoms with E-state index in [0.29, 0.717) is 23.7 Å². The van der Waals surface area contributed by atoms with E-state index in [1.54, 1.807) is 7.11 Å². The highest BCUT2D eigenvalue weighted by atomic mass is 16.5. The van der Waals surface area contributed by atoms with Gasteiger partial charge in [0.15, 0.2) is 17.2 Å². The van der Waals surface area contributed by atoms with Crippen LogP contribution < -0.4 is 14.4 Å². The standard InChI is InChI=1S/C22H23N3O2/c1-24-15-7-8-16(24)12-17(11-15)25-18-9-6-14(13-23)10-21(18)27-22-19(25)4-3-5-20(22)26-2/h3-6,9-10,15-17H,7-8,11-12H2,1-2H3. The Morgan fingerprint density at radius 2 is 1.85 bits per heavy atom. The van der Waals surface area contributed by atoms with Crippen LogP contribution in [-0.2, 0) is 0 Å². The molecule has 3 aliphatic heterocycles. The predicted molar refractivity (Wildman–Crippen MR) is 104 cm³/mol. The molecule has 2 saturated heterocycles. The summed E-state index contributed by atoms with van der Waals surface area (Å²) in [5.74, 6) is 2.20. The molecule has 0 spiro atoms. The van der Waals surface area contributed by atoms with E-state index in [9.17, 15) is 5.26 Å². The van der Waals surface area contributed by atoms with Crippen molar-refractivity contribution in [1.82, 2.24) is 4.90 Å². The van der Waals surface area contributed by atoms with E-state index in [0.717, 1.165) is 41.5 Å². The summed E-state index contributed by atoms with van der Waals surface area (Å²) < 4.78 is 11.8. The highest BCUT2D eigenvalue weighted by molar-refractivity contribution is 5.81. The van der Waals surface area contributed by atoms with E-state index in [1.165, 1.54) is 12.8 Å². The van der Waals surface area contributed by atoms with Crippen molar-refractivity contribution in [2.75, 3.05) is 19.1 Å². The smallest absolute Gasteiger partial charge is 0.192 e. The third-order valence-electron chi connectivity index (χ3n) is 6.44. The van der Waals surface area contributed by atoms with Crippen molar-refractivity contribution < 1.29 is 9.47 Å². The number of nitrogens with zero attached hydrogens (tertiary/aromatic N) is 3. The van der Waals surface area contributed by atoms with Gasteiger partial charge in [0.1, 0.15) is 0 Å². The zero-order chi connectivity index (χ0) is 18.5. The van der Waals surface area contributed by atoms with Crippen LogP contribution in [0.4, 0.5) is 11.4 Å². The summed E-state index contributed by atoms with van der Waals surface area (Å²) in [5, 5.41) is 9.31. The van der Waals surface area contributed by atoms with Gasteiger partial charge >= 0.3 is 0 Å². The van der Waals surface area contributed by atoms with Crippen LogP contribution in [0.25, 0.3) is 0 Å². The molecule has 2 atom stereocenters. The number of hydrogen-bond donors (Lipinski definition) is 0. The van der Waals surface area contributed by atoms with Gasteiger partial charge in [-0.3, -0.25) is 0 Å². The van der Waals surface area contributed by atoms with Crippen molar-refractivity contribution >= 4 is 11.4 Å². The predicted octanol–water partition coefficient (Wildman–Crippen LogP) is 4.44. The van der Waals surface area contributed by atoms with Gasteiger partial charge in [-0.15, -0.1) is 0 Å². The minimum absolute atomic E-state index is 0.417. The van der Waals surface area contributed by atoms with Crippen LogP contribution in [0.2, 0.25) is 0 Å². The molecule has 0 amide bonds. The average molecular weight is 361 g/mol. The summed E-state index contributed by atoms with van der Waals surface area (Å²) in [6.07, 6.45) is 4.85. The molecular formula is C22H23N3O2. The Morgan fingerprint density at radius 1 is 1.07 bits per heavy atom. The number of anilines is 2. The minimum Gasteiger partial charge on any atom is -0.493 e. The van der Waals surface area contributed by atoms with Gasteiger partial charge < -0.3 is 19.3 Å². The second kappa shape index (κ2) is 6.17. The van der Waals surface area contributed by atoms with Gasteiger partial charge in [0.05, 0.1) is 30.1 Å². The topological polar surface area (TPSA) is 48.7 Å². The zero-order valence-corrected chi connectivity index (χ0v) is 15.7. The third kappa shape index (κ3) is 2.48. The van der Waals surface area contributed by atoms with Gasteiger partial charge in [-0.2, -0.15) is 5.26 Å². The number of piperidine rings is 1. The fourth-order valence-corrected chi connectivity index (χ4v) is 5.05. The molecule has 0 saturated carbocycles. The molecule has 27 heavy (non-hydrogen) atoms. The van der Waals surface area contributed by atoms with E-state index >= 15 is 0 Å². The fraction of sp³-hybridized carbons (Fsp3) is 0.409. The summed E-state index contributed by atoms with van der Waals surface area (Å²) in [6.45, 7) is 0. The Bertz CT molecular complexity index is 922. The normalized spacial score (nSPS) is 26.0. The Morgan fingerprint density at radius 3 is 2.56 bits per heavy atom. The summed E-state index contributed by atoms with van der Waals surface area (Å²) >= 11 is 0. The molecule has 5 rings (SSSR count). The summed E-state index contributed by atoms with van der Waals surface area (Å²) in [6, 6.07) is 15.7. The van der Waals surface area contributed by atoms with E-state index in [-0.39, 0.29) is 0 Å². The number of fused-ring (bicyclic) bond motifs is 4. The first-order valence-electron chi connectivity index (χ1n) is 9.59. The molecule has 2 bridgehead atoms. The summed E-state index contributed by atoms with van der Waals surface area (Å²) in [7, 11) is 3.93. The van der Waals surface area contributed by atoms with Crippen LogP contribution in [0.5, 0.6) is 17.2 Å². The highest BCUT2D eigenvalue weighted by Gasteiger charge is 2.43. The number of methoxy groups -OCH3 is 1. The minimum atomic E-state index is 0.417. The maximum Gasteiger partial charge on any atom is 0.192 e. The highest BCUT2D eigenvalue weighted by Crippen LogP contribution is 2.53. The second-order valence-corrected chi connectivity index (χ2v) is 7.75. The lowest BCUT2D eigenvalue weighted by Gasteiger charge is -2.45. The van der Waals surface area contributed by atoms with Gasteiger partial charge in [0.25, 0.3) is 0 Å². The number of hydrogen-bond acceptors (Lipinski definition) is 5. The maximum absolute atomic E-state index is 9.31.